The summed E-state index contributed by atoms with van der Waals surface area (Å²) in [5.74, 6) is 0.500. The second kappa shape index (κ2) is 5.66. The van der Waals surface area contributed by atoms with Gasteiger partial charge in [0.25, 0.3) is 0 Å². The zero-order valence-corrected chi connectivity index (χ0v) is 12.3. The fraction of sp³-hybridized carbons (Fsp3) is 0.333. The van der Waals surface area contributed by atoms with Gasteiger partial charge in [0.05, 0.1) is 5.02 Å². The van der Waals surface area contributed by atoms with E-state index < -0.39 is 5.82 Å². The molecule has 2 aromatic rings. The topological polar surface area (TPSA) is 25.8 Å². The van der Waals surface area contributed by atoms with Crippen LogP contribution in [0.15, 0.2) is 24.3 Å². The number of halogens is 3. The van der Waals surface area contributed by atoms with Gasteiger partial charge < -0.3 is 0 Å². The molecule has 1 aromatic heterocycles. The second-order valence-electron chi connectivity index (χ2n) is 5.05. The molecule has 0 saturated heterocycles. The molecule has 2 nitrogen and oxygen atoms in total. The third kappa shape index (κ3) is 2.79. The van der Waals surface area contributed by atoms with Crippen molar-refractivity contribution in [2.45, 2.75) is 31.6 Å². The van der Waals surface area contributed by atoms with Gasteiger partial charge in [-0.2, -0.15) is 0 Å². The zero-order valence-electron chi connectivity index (χ0n) is 10.7. The van der Waals surface area contributed by atoms with Gasteiger partial charge in [0.1, 0.15) is 11.0 Å². The minimum Gasteiger partial charge on any atom is -0.233 e. The fourth-order valence-corrected chi connectivity index (χ4v) is 3.00. The molecular formula is C15H13Cl2FN2. The maximum Gasteiger partial charge on any atom is 0.161 e. The SMILES string of the molecule is Fc1ccc(-c2nc(Cl)cc(C3CCCC3)n2)cc1Cl. The molecule has 5 heteroatoms. The summed E-state index contributed by atoms with van der Waals surface area (Å²) < 4.78 is 13.2. The minimum absolute atomic E-state index is 0.0634. The lowest BCUT2D eigenvalue weighted by Gasteiger charge is -2.10. The molecule has 1 aliphatic carbocycles. The van der Waals surface area contributed by atoms with E-state index in [1.54, 1.807) is 6.07 Å². The van der Waals surface area contributed by atoms with Crippen LogP contribution in [0, 0.1) is 5.82 Å². The smallest absolute Gasteiger partial charge is 0.161 e. The molecule has 0 unspecified atom stereocenters. The number of hydrogen-bond acceptors (Lipinski definition) is 2. The van der Waals surface area contributed by atoms with E-state index in [1.165, 1.54) is 25.0 Å². The summed E-state index contributed by atoms with van der Waals surface area (Å²) in [7, 11) is 0. The highest BCUT2D eigenvalue weighted by Gasteiger charge is 2.20. The summed E-state index contributed by atoms with van der Waals surface area (Å²) in [6.45, 7) is 0. The Kier molecular flexibility index (Phi) is 3.90. The van der Waals surface area contributed by atoms with Gasteiger partial charge in [-0.1, -0.05) is 36.0 Å². The summed E-state index contributed by atoms with van der Waals surface area (Å²) in [5.41, 5.74) is 1.65. The quantitative estimate of drug-likeness (QED) is 0.708. The van der Waals surface area contributed by atoms with Crippen molar-refractivity contribution in [3.63, 3.8) is 0 Å². The van der Waals surface area contributed by atoms with Gasteiger partial charge in [-0.25, -0.2) is 14.4 Å². The molecule has 0 aliphatic heterocycles. The Morgan fingerprint density at radius 1 is 1.05 bits per heavy atom. The Labute approximate surface area is 127 Å². The monoisotopic (exact) mass is 310 g/mol. The van der Waals surface area contributed by atoms with Crippen LogP contribution in [-0.4, -0.2) is 9.97 Å². The van der Waals surface area contributed by atoms with Crippen LogP contribution >= 0.6 is 23.2 Å². The first-order chi connectivity index (χ1) is 9.63. The lowest BCUT2D eigenvalue weighted by atomic mass is 10.0. The Morgan fingerprint density at radius 3 is 2.50 bits per heavy atom. The Morgan fingerprint density at radius 2 is 1.80 bits per heavy atom. The van der Waals surface area contributed by atoms with Crippen molar-refractivity contribution in [2.75, 3.05) is 0 Å². The predicted molar refractivity (Wildman–Crippen MR) is 78.7 cm³/mol. The lowest BCUT2D eigenvalue weighted by molar-refractivity contribution is 0.628. The van der Waals surface area contributed by atoms with Crippen molar-refractivity contribution in [1.29, 1.82) is 0 Å². The maximum atomic E-state index is 13.2. The normalized spacial score (nSPS) is 15.8. The van der Waals surface area contributed by atoms with Gasteiger partial charge in [-0.15, -0.1) is 0 Å². The zero-order chi connectivity index (χ0) is 14.1. The van der Waals surface area contributed by atoms with E-state index >= 15 is 0 Å². The summed E-state index contributed by atoms with van der Waals surface area (Å²) >= 11 is 11.9. The van der Waals surface area contributed by atoms with E-state index in [4.69, 9.17) is 23.2 Å². The molecule has 1 aromatic carbocycles. The van der Waals surface area contributed by atoms with Crippen molar-refractivity contribution in [3.8, 4) is 11.4 Å². The minimum atomic E-state index is -0.450. The van der Waals surface area contributed by atoms with Crippen molar-refractivity contribution in [3.05, 3.63) is 46.0 Å². The average molecular weight is 311 g/mol. The van der Waals surface area contributed by atoms with Crippen LogP contribution in [0.1, 0.15) is 37.3 Å². The molecule has 20 heavy (non-hydrogen) atoms. The standard InChI is InChI=1S/C15H13Cl2FN2/c16-11-7-10(5-6-12(11)18)15-19-13(8-14(17)20-15)9-3-1-2-4-9/h5-9H,1-4H2. The predicted octanol–water partition coefficient (Wildman–Crippen LogP) is 5.25. The van der Waals surface area contributed by atoms with E-state index in [0.717, 1.165) is 18.5 Å². The molecule has 0 atom stereocenters. The largest absolute Gasteiger partial charge is 0.233 e. The Balaban J connectivity index is 2.02. The van der Waals surface area contributed by atoms with Crippen LogP contribution < -0.4 is 0 Å². The number of hydrogen-bond donors (Lipinski definition) is 0. The second-order valence-corrected chi connectivity index (χ2v) is 5.84. The van der Waals surface area contributed by atoms with Crippen molar-refractivity contribution in [1.82, 2.24) is 9.97 Å². The first kappa shape index (κ1) is 13.8. The molecule has 1 saturated carbocycles. The van der Waals surface area contributed by atoms with E-state index in [9.17, 15) is 4.39 Å². The third-order valence-electron chi connectivity index (χ3n) is 3.67. The van der Waals surface area contributed by atoms with Crippen LogP contribution in [0.2, 0.25) is 10.2 Å². The molecule has 0 N–H and O–H groups in total. The molecule has 0 bridgehead atoms. The molecule has 0 spiro atoms. The van der Waals surface area contributed by atoms with Gasteiger partial charge in [0, 0.05) is 17.2 Å². The maximum absolute atomic E-state index is 13.2. The average Bonchev–Trinajstić information content (AvgIpc) is 2.95. The molecule has 3 rings (SSSR count). The molecule has 1 heterocycles. The van der Waals surface area contributed by atoms with E-state index in [1.807, 2.05) is 6.07 Å². The molecule has 1 fully saturated rings. The van der Waals surface area contributed by atoms with Crippen molar-refractivity contribution >= 4 is 23.2 Å². The number of nitrogens with zero attached hydrogens (tertiary/aromatic N) is 2. The fourth-order valence-electron chi connectivity index (χ4n) is 2.63. The summed E-state index contributed by atoms with van der Waals surface area (Å²) in [6, 6.07) is 6.29. The first-order valence-corrected chi connectivity index (χ1v) is 7.39. The highest BCUT2D eigenvalue weighted by molar-refractivity contribution is 6.31. The van der Waals surface area contributed by atoms with Gasteiger partial charge in [0.15, 0.2) is 5.82 Å². The number of benzene rings is 1. The molecule has 1 aliphatic rings. The van der Waals surface area contributed by atoms with Crippen LogP contribution in [0.5, 0.6) is 0 Å². The molecule has 0 radical (unpaired) electrons. The molecule has 0 amide bonds. The van der Waals surface area contributed by atoms with Crippen LogP contribution in [0.3, 0.4) is 0 Å². The highest BCUT2D eigenvalue weighted by atomic mass is 35.5. The van der Waals surface area contributed by atoms with E-state index in [0.29, 0.717) is 22.5 Å². The molecular weight excluding hydrogens is 298 g/mol. The van der Waals surface area contributed by atoms with Crippen molar-refractivity contribution < 1.29 is 4.39 Å². The number of rotatable bonds is 2. The van der Waals surface area contributed by atoms with Gasteiger partial charge in [0.2, 0.25) is 0 Å². The summed E-state index contributed by atoms with van der Waals surface area (Å²) in [5, 5.41) is 0.478. The van der Waals surface area contributed by atoms with Gasteiger partial charge in [-0.05, 0) is 37.1 Å². The lowest BCUT2D eigenvalue weighted by Crippen LogP contribution is -2.00. The molecule has 104 valence electrons. The number of aromatic nitrogens is 2. The van der Waals surface area contributed by atoms with Crippen LogP contribution in [-0.2, 0) is 0 Å². The Hall–Kier alpha value is -1.19. The Bertz CT molecular complexity index is 640. The first-order valence-electron chi connectivity index (χ1n) is 6.63. The third-order valence-corrected chi connectivity index (χ3v) is 4.15. The van der Waals surface area contributed by atoms with Crippen LogP contribution in [0.25, 0.3) is 11.4 Å². The summed E-state index contributed by atoms with van der Waals surface area (Å²) in [6.07, 6.45) is 4.72. The van der Waals surface area contributed by atoms with Gasteiger partial charge in [-0.3, -0.25) is 0 Å². The van der Waals surface area contributed by atoms with E-state index in [2.05, 4.69) is 9.97 Å². The van der Waals surface area contributed by atoms with Crippen molar-refractivity contribution in [2.24, 2.45) is 0 Å². The summed E-state index contributed by atoms with van der Waals surface area (Å²) in [4.78, 5) is 8.80. The highest BCUT2D eigenvalue weighted by Crippen LogP contribution is 2.34. The van der Waals surface area contributed by atoms with Gasteiger partial charge >= 0.3 is 0 Å². The van der Waals surface area contributed by atoms with Crippen LogP contribution in [0.4, 0.5) is 4.39 Å². The van der Waals surface area contributed by atoms with E-state index in [-0.39, 0.29) is 5.02 Å².